The number of pyridine rings is 2. The van der Waals surface area contributed by atoms with Crippen molar-refractivity contribution in [3.63, 3.8) is 0 Å². The van der Waals surface area contributed by atoms with E-state index < -0.39 is 29.8 Å². The molecule has 0 spiro atoms. The fourth-order valence-corrected chi connectivity index (χ4v) is 2.81. The highest BCUT2D eigenvalue weighted by atomic mass is 16.6. The van der Waals surface area contributed by atoms with Crippen LogP contribution in [0.5, 0.6) is 0 Å². The minimum absolute atomic E-state index is 0.0295. The summed E-state index contributed by atoms with van der Waals surface area (Å²) in [4.78, 5) is 34.5. The summed E-state index contributed by atoms with van der Waals surface area (Å²) in [5.41, 5.74) is 6.88. The van der Waals surface area contributed by atoms with E-state index in [-0.39, 0.29) is 6.54 Å². The lowest BCUT2D eigenvalue weighted by Gasteiger charge is -2.25. The first-order valence-electron chi connectivity index (χ1n) is 8.59. The van der Waals surface area contributed by atoms with Gasteiger partial charge in [0.2, 0.25) is 6.10 Å². The molecule has 8 heteroatoms. The maximum atomic E-state index is 12.4. The average Bonchev–Trinajstić information content (AvgIpc) is 2.98. The van der Waals surface area contributed by atoms with Crippen molar-refractivity contribution < 1.29 is 19.1 Å². The minimum Gasteiger partial charge on any atom is -0.457 e. The summed E-state index contributed by atoms with van der Waals surface area (Å²) in [6.45, 7) is 5.27. The van der Waals surface area contributed by atoms with E-state index in [1.165, 1.54) is 4.90 Å². The molecule has 142 valence electrons. The number of carbonyl (C=O) groups is 2. The van der Waals surface area contributed by atoms with Crippen molar-refractivity contribution in [1.82, 2.24) is 9.97 Å². The van der Waals surface area contributed by atoms with Crippen molar-refractivity contribution >= 4 is 17.9 Å². The smallest absolute Gasteiger partial charge is 0.416 e. The normalized spacial score (nSPS) is 19.7. The Morgan fingerprint density at radius 3 is 2.56 bits per heavy atom. The number of hydrogen-bond donors (Lipinski definition) is 1. The predicted molar refractivity (Wildman–Crippen MR) is 98.9 cm³/mol. The zero-order valence-electron chi connectivity index (χ0n) is 15.5. The predicted octanol–water partition coefficient (Wildman–Crippen LogP) is 2.14. The van der Waals surface area contributed by atoms with Crippen molar-refractivity contribution in [3.05, 3.63) is 42.9 Å². The Labute approximate surface area is 157 Å². The molecule has 2 N–H and O–H groups in total. The van der Waals surface area contributed by atoms with Gasteiger partial charge >= 0.3 is 12.1 Å². The molecule has 0 aromatic carbocycles. The zero-order valence-corrected chi connectivity index (χ0v) is 15.5. The van der Waals surface area contributed by atoms with Gasteiger partial charge in [-0.3, -0.25) is 9.88 Å². The Kier molecular flexibility index (Phi) is 5.09. The number of ether oxygens (including phenoxy) is 2. The van der Waals surface area contributed by atoms with E-state index in [0.717, 1.165) is 11.1 Å². The SMILES string of the molecule is CC(C)(C)OC(=O)[C@H]1OC(=O)N(c2ccc(-c3cccnc3)cn2)C1CN. The molecule has 2 aromatic heterocycles. The van der Waals surface area contributed by atoms with Gasteiger partial charge in [0, 0.05) is 36.3 Å². The summed E-state index contributed by atoms with van der Waals surface area (Å²) in [5.74, 6) is -0.269. The average molecular weight is 370 g/mol. The fourth-order valence-electron chi connectivity index (χ4n) is 2.81. The molecule has 1 unspecified atom stereocenters. The van der Waals surface area contributed by atoms with Gasteiger partial charge in [0.15, 0.2) is 0 Å². The molecular formula is C19H22N4O4. The van der Waals surface area contributed by atoms with Crippen LogP contribution in [0.3, 0.4) is 0 Å². The number of nitrogens with zero attached hydrogens (tertiary/aromatic N) is 3. The van der Waals surface area contributed by atoms with Crippen LogP contribution in [0.15, 0.2) is 42.9 Å². The van der Waals surface area contributed by atoms with Gasteiger partial charge in [-0.05, 0) is 39.0 Å². The number of cyclic esters (lactones) is 1. The van der Waals surface area contributed by atoms with Crippen LogP contribution in [0.2, 0.25) is 0 Å². The van der Waals surface area contributed by atoms with Gasteiger partial charge in [0.05, 0.1) is 0 Å². The van der Waals surface area contributed by atoms with E-state index in [1.807, 2.05) is 18.2 Å². The molecule has 3 rings (SSSR count). The van der Waals surface area contributed by atoms with Gasteiger partial charge in [-0.1, -0.05) is 6.07 Å². The molecule has 2 atom stereocenters. The van der Waals surface area contributed by atoms with Gasteiger partial charge < -0.3 is 15.2 Å². The molecule has 1 amide bonds. The Bertz CT molecular complexity index is 818. The van der Waals surface area contributed by atoms with Crippen molar-refractivity contribution in [2.24, 2.45) is 5.73 Å². The molecule has 0 bridgehead atoms. The standard InChI is InChI=1S/C19H22N4O4/c1-19(2,3)27-17(24)16-14(9-20)23(18(25)26-16)15-7-6-13(11-22-15)12-5-4-8-21-10-12/h4-8,10-11,14,16H,9,20H2,1-3H3/t14?,16-/m0/s1. The molecule has 8 nitrogen and oxygen atoms in total. The molecule has 0 radical (unpaired) electrons. The molecule has 3 heterocycles. The van der Waals surface area contributed by atoms with Crippen molar-refractivity contribution in [1.29, 1.82) is 0 Å². The highest BCUT2D eigenvalue weighted by Crippen LogP contribution is 2.28. The molecule has 0 saturated carbocycles. The summed E-state index contributed by atoms with van der Waals surface area (Å²) >= 11 is 0. The Balaban J connectivity index is 1.83. The monoisotopic (exact) mass is 370 g/mol. The molecular weight excluding hydrogens is 348 g/mol. The quantitative estimate of drug-likeness (QED) is 0.822. The third kappa shape index (κ3) is 4.06. The summed E-state index contributed by atoms with van der Waals surface area (Å²) in [7, 11) is 0. The number of rotatable bonds is 4. The van der Waals surface area contributed by atoms with Gasteiger partial charge in [0.1, 0.15) is 17.5 Å². The highest BCUT2D eigenvalue weighted by Gasteiger charge is 2.48. The lowest BCUT2D eigenvalue weighted by molar-refractivity contribution is -0.164. The number of nitrogens with two attached hydrogens (primary N) is 1. The summed E-state index contributed by atoms with van der Waals surface area (Å²) in [5, 5.41) is 0. The van der Waals surface area contributed by atoms with Crippen molar-refractivity contribution in [2.75, 3.05) is 11.4 Å². The number of anilines is 1. The van der Waals surface area contributed by atoms with E-state index >= 15 is 0 Å². The number of aromatic nitrogens is 2. The van der Waals surface area contributed by atoms with Crippen molar-refractivity contribution in [2.45, 2.75) is 38.5 Å². The molecule has 1 aliphatic rings. The number of esters is 1. The zero-order chi connectivity index (χ0) is 19.6. The lowest BCUT2D eigenvalue weighted by Crippen LogP contribution is -2.47. The van der Waals surface area contributed by atoms with Crippen LogP contribution in [-0.2, 0) is 14.3 Å². The first-order valence-corrected chi connectivity index (χ1v) is 8.59. The third-order valence-electron chi connectivity index (χ3n) is 3.98. The van der Waals surface area contributed by atoms with Crippen LogP contribution in [0, 0.1) is 0 Å². The number of carbonyl (C=O) groups excluding carboxylic acids is 2. The van der Waals surface area contributed by atoms with Crippen LogP contribution in [-0.4, -0.2) is 46.3 Å². The van der Waals surface area contributed by atoms with Crippen LogP contribution in [0.1, 0.15) is 20.8 Å². The van der Waals surface area contributed by atoms with E-state index in [9.17, 15) is 9.59 Å². The minimum atomic E-state index is -1.10. The summed E-state index contributed by atoms with van der Waals surface area (Å²) < 4.78 is 10.6. The summed E-state index contributed by atoms with van der Waals surface area (Å²) in [6, 6.07) is 6.56. The van der Waals surface area contributed by atoms with Crippen LogP contribution < -0.4 is 10.6 Å². The molecule has 27 heavy (non-hydrogen) atoms. The molecule has 1 saturated heterocycles. The molecule has 1 fully saturated rings. The third-order valence-corrected chi connectivity index (χ3v) is 3.98. The van der Waals surface area contributed by atoms with Gasteiger partial charge in [0.25, 0.3) is 0 Å². The second-order valence-electron chi connectivity index (χ2n) is 7.16. The van der Waals surface area contributed by atoms with Gasteiger partial charge in [-0.15, -0.1) is 0 Å². The fraction of sp³-hybridized carbons (Fsp3) is 0.368. The Hall–Kier alpha value is -3.00. The number of amides is 1. The topological polar surface area (TPSA) is 108 Å². The largest absolute Gasteiger partial charge is 0.457 e. The van der Waals surface area contributed by atoms with Crippen LogP contribution in [0.25, 0.3) is 11.1 Å². The molecule has 1 aliphatic heterocycles. The van der Waals surface area contributed by atoms with Crippen LogP contribution in [0.4, 0.5) is 10.6 Å². The van der Waals surface area contributed by atoms with E-state index in [2.05, 4.69) is 9.97 Å². The van der Waals surface area contributed by atoms with E-state index in [1.54, 1.807) is 45.4 Å². The summed E-state index contributed by atoms with van der Waals surface area (Å²) in [6.07, 6.45) is 3.27. The highest BCUT2D eigenvalue weighted by molar-refractivity contribution is 5.95. The molecule has 0 aliphatic carbocycles. The van der Waals surface area contributed by atoms with E-state index in [0.29, 0.717) is 5.82 Å². The maximum Gasteiger partial charge on any atom is 0.416 e. The maximum absolute atomic E-state index is 12.4. The van der Waals surface area contributed by atoms with Gasteiger partial charge in [-0.2, -0.15) is 0 Å². The lowest BCUT2D eigenvalue weighted by atomic mass is 10.1. The molecule has 2 aromatic rings. The Morgan fingerprint density at radius 2 is 2.00 bits per heavy atom. The van der Waals surface area contributed by atoms with Crippen LogP contribution >= 0.6 is 0 Å². The van der Waals surface area contributed by atoms with E-state index in [4.69, 9.17) is 15.2 Å². The first-order chi connectivity index (χ1) is 12.8. The van der Waals surface area contributed by atoms with Gasteiger partial charge in [-0.25, -0.2) is 14.6 Å². The van der Waals surface area contributed by atoms with Crippen molar-refractivity contribution in [3.8, 4) is 11.1 Å². The second-order valence-corrected chi connectivity index (χ2v) is 7.16. The second kappa shape index (κ2) is 7.32. The Morgan fingerprint density at radius 1 is 1.26 bits per heavy atom. The number of hydrogen-bond acceptors (Lipinski definition) is 7. The first kappa shape index (κ1) is 18.8.